The zero-order valence-corrected chi connectivity index (χ0v) is 17.1. The predicted octanol–water partition coefficient (Wildman–Crippen LogP) is 5.08. The van der Waals surface area contributed by atoms with Crippen LogP contribution in [0.1, 0.15) is 16.1 Å². The Balaban J connectivity index is 1.44. The van der Waals surface area contributed by atoms with E-state index in [0.717, 1.165) is 21.2 Å². The van der Waals surface area contributed by atoms with Crippen LogP contribution in [0.15, 0.2) is 83.5 Å². The van der Waals surface area contributed by atoms with Gasteiger partial charge in [0.05, 0.1) is 12.7 Å². The molecular weight excluding hydrogens is 428 g/mol. The van der Waals surface area contributed by atoms with E-state index in [-0.39, 0.29) is 12.3 Å². The first-order valence-corrected chi connectivity index (χ1v) is 10.1. The molecule has 2 heterocycles. The van der Waals surface area contributed by atoms with Gasteiger partial charge in [-0.25, -0.2) is 4.68 Å². The standard InChI is InChI=1S/C23H17BrN4O/c24-17-7-5-6-16(12-17)23(29)15-27-13-18(25-26-27)14-28-21-10-3-1-8-19(21)20-9-2-4-11-22(20)28/h1-13H,14-15H2. The molecule has 5 aromatic rings. The molecule has 0 unspecified atom stereocenters. The molecule has 29 heavy (non-hydrogen) atoms. The molecule has 5 nitrogen and oxygen atoms in total. The van der Waals surface area contributed by atoms with Crippen molar-refractivity contribution in [3.63, 3.8) is 0 Å². The second kappa shape index (κ2) is 7.29. The molecule has 0 aliphatic rings. The summed E-state index contributed by atoms with van der Waals surface area (Å²) in [4.78, 5) is 12.5. The molecule has 142 valence electrons. The molecule has 0 saturated carbocycles. The number of Topliss-reactive ketones (excluding diaryl/α,β-unsaturated/α-hetero) is 1. The minimum absolute atomic E-state index is 0.000358. The SMILES string of the molecule is O=C(Cn1cc(Cn2c3ccccc3c3ccccc32)nn1)c1cccc(Br)c1. The van der Waals surface area contributed by atoms with E-state index in [1.54, 1.807) is 4.68 Å². The normalized spacial score (nSPS) is 11.3. The molecule has 0 spiro atoms. The summed E-state index contributed by atoms with van der Waals surface area (Å²) in [6, 6.07) is 24.1. The summed E-state index contributed by atoms with van der Waals surface area (Å²) in [7, 11) is 0. The minimum Gasteiger partial charge on any atom is -0.334 e. The number of carbonyl (C=O) groups excluding carboxylic acids is 1. The van der Waals surface area contributed by atoms with Crippen molar-refractivity contribution in [2.24, 2.45) is 0 Å². The lowest BCUT2D eigenvalue weighted by Crippen LogP contribution is -2.11. The summed E-state index contributed by atoms with van der Waals surface area (Å²) < 4.78 is 4.73. The van der Waals surface area contributed by atoms with Gasteiger partial charge < -0.3 is 4.57 Å². The highest BCUT2D eigenvalue weighted by Crippen LogP contribution is 2.29. The van der Waals surface area contributed by atoms with Crippen molar-refractivity contribution in [3.8, 4) is 0 Å². The first-order valence-electron chi connectivity index (χ1n) is 9.33. The summed E-state index contributed by atoms with van der Waals surface area (Å²) in [6.45, 7) is 0.760. The molecule has 0 atom stereocenters. The summed E-state index contributed by atoms with van der Waals surface area (Å²) in [5, 5.41) is 10.9. The van der Waals surface area contributed by atoms with Gasteiger partial charge in [-0.15, -0.1) is 5.10 Å². The second-order valence-corrected chi connectivity index (χ2v) is 7.88. The van der Waals surface area contributed by atoms with E-state index in [4.69, 9.17) is 0 Å². The highest BCUT2D eigenvalue weighted by Gasteiger charge is 2.13. The van der Waals surface area contributed by atoms with Crippen LogP contribution in [0.4, 0.5) is 0 Å². The van der Waals surface area contributed by atoms with Crippen molar-refractivity contribution in [1.82, 2.24) is 19.6 Å². The largest absolute Gasteiger partial charge is 0.334 e. The van der Waals surface area contributed by atoms with E-state index in [0.29, 0.717) is 12.1 Å². The van der Waals surface area contributed by atoms with E-state index < -0.39 is 0 Å². The number of carbonyl (C=O) groups is 1. The smallest absolute Gasteiger partial charge is 0.184 e. The number of ketones is 1. The fourth-order valence-corrected chi connectivity index (χ4v) is 4.12. The maximum Gasteiger partial charge on any atom is 0.184 e. The van der Waals surface area contributed by atoms with Crippen molar-refractivity contribution in [2.45, 2.75) is 13.1 Å². The topological polar surface area (TPSA) is 52.7 Å². The zero-order chi connectivity index (χ0) is 19.8. The average molecular weight is 445 g/mol. The van der Waals surface area contributed by atoms with E-state index in [1.165, 1.54) is 10.8 Å². The maximum atomic E-state index is 12.5. The van der Waals surface area contributed by atoms with Gasteiger partial charge in [-0.3, -0.25) is 4.79 Å². The number of benzene rings is 3. The minimum atomic E-state index is -0.000358. The third-order valence-electron chi connectivity index (χ3n) is 5.04. The summed E-state index contributed by atoms with van der Waals surface area (Å²) in [6.07, 6.45) is 1.85. The van der Waals surface area contributed by atoms with Gasteiger partial charge in [-0.1, -0.05) is 69.7 Å². The van der Waals surface area contributed by atoms with Crippen molar-refractivity contribution < 1.29 is 4.79 Å². The Morgan fingerprint density at radius 2 is 1.59 bits per heavy atom. The van der Waals surface area contributed by atoms with Crippen molar-refractivity contribution in [3.05, 3.63) is 94.7 Å². The van der Waals surface area contributed by atoms with Crippen LogP contribution >= 0.6 is 15.9 Å². The lowest BCUT2D eigenvalue weighted by molar-refractivity contribution is 0.0967. The van der Waals surface area contributed by atoms with Crippen LogP contribution in [0, 0.1) is 0 Å². The molecule has 0 amide bonds. The Hall–Kier alpha value is -3.25. The predicted molar refractivity (Wildman–Crippen MR) is 117 cm³/mol. The Kier molecular flexibility index (Phi) is 4.48. The molecular formula is C23H17BrN4O. The molecule has 0 aliphatic carbocycles. The molecule has 0 N–H and O–H groups in total. The molecule has 3 aromatic carbocycles. The summed E-state index contributed by atoms with van der Waals surface area (Å²) in [5.41, 5.74) is 3.79. The molecule has 6 heteroatoms. The first kappa shape index (κ1) is 17.8. The van der Waals surface area contributed by atoms with Gasteiger partial charge >= 0.3 is 0 Å². The highest BCUT2D eigenvalue weighted by molar-refractivity contribution is 9.10. The van der Waals surface area contributed by atoms with Crippen LogP contribution < -0.4 is 0 Å². The van der Waals surface area contributed by atoms with Crippen LogP contribution in [0.5, 0.6) is 0 Å². The van der Waals surface area contributed by atoms with Crippen LogP contribution in [0.2, 0.25) is 0 Å². The van der Waals surface area contributed by atoms with E-state index >= 15 is 0 Å². The number of para-hydroxylation sites is 2. The van der Waals surface area contributed by atoms with Gasteiger partial charge in [0, 0.05) is 31.8 Å². The number of aromatic nitrogens is 4. The summed E-state index contributed by atoms with van der Waals surface area (Å²) >= 11 is 3.40. The fraction of sp³-hybridized carbons (Fsp3) is 0.0870. The number of halogens is 1. The van der Waals surface area contributed by atoms with Crippen LogP contribution in [0.3, 0.4) is 0 Å². The Morgan fingerprint density at radius 1 is 0.897 bits per heavy atom. The molecule has 0 fully saturated rings. The molecule has 0 saturated heterocycles. The molecule has 0 bridgehead atoms. The van der Waals surface area contributed by atoms with Gasteiger partial charge in [0.2, 0.25) is 0 Å². The summed E-state index contributed by atoms with van der Waals surface area (Å²) in [5.74, 6) is -0.000358. The molecule has 2 aromatic heterocycles. The third kappa shape index (κ3) is 3.36. The zero-order valence-electron chi connectivity index (χ0n) is 15.5. The van der Waals surface area contributed by atoms with E-state index in [9.17, 15) is 4.79 Å². The van der Waals surface area contributed by atoms with Crippen molar-refractivity contribution in [1.29, 1.82) is 0 Å². The van der Waals surface area contributed by atoms with Crippen LogP contribution in [0.25, 0.3) is 21.8 Å². The Bertz CT molecular complexity index is 1300. The molecule has 0 radical (unpaired) electrons. The average Bonchev–Trinajstić information content (AvgIpc) is 3.31. The fourth-order valence-electron chi connectivity index (χ4n) is 3.72. The van der Waals surface area contributed by atoms with Gasteiger partial charge in [-0.2, -0.15) is 0 Å². The van der Waals surface area contributed by atoms with Gasteiger partial charge in [-0.05, 0) is 24.3 Å². The lowest BCUT2D eigenvalue weighted by Gasteiger charge is -2.04. The van der Waals surface area contributed by atoms with E-state index in [2.05, 4.69) is 67.2 Å². The third-order valence-corrected chi connectivity index (χ3v) is 5.53. The number of fused-ring (bicyclic) bond motifs is 3. The lowest BCUT2D eigenvalue weighted by atomic mass is 10.1. The first-order chi connectivity index (χ1) is 14.2. The van der Waals surface area contributed by atoms with Crippen LogP contribution in [-0.2, 0) is 13.1 Å². The van der Waals surface area contributed by atoms with E-state index in [1.807, 2.05) is 42.6 Å². The quantitative estimate of drug-likeness (QED) is 0.355. The molecule has 0 aliphatic heterocycles. The number of nitrogens with zero attached hydrogens (tertiary/aromatic N) is 4. The van der Waals surface area contributed by atoms with Crippen molar-refractivity contribution >= 4 is 43.5 Å². The maximum absolute atomic E-state index is 12.5. The van der Waals surface area contributed by atoms with Gasteiger partial charge in [0.15, 0.2) is 5.78 Å². The van der Waals surface area contributed by atoms with Crippen molar-refractivity contribution in [2.75, 3.05) is 0 Å². The highest BCUT2D eigenvalue weighted by atomic mass is 79.9. The van der Waals surface area contributed by atoms with Gasteiger partial charge in [0.25, 0.3) is 0 Å². The van der Waals surface area contributed by atoms with Crippen LogP contribution in [-0.4, -0.2) is 25.3 Å². The number of hydrogen-bond acceptors (Lipinski definition) is 3. The monoisotopic (exact) mass is 444 g/mol. The number of hydrogen-bond donors (Lipinski definition) is 0. The van der Waals surface area contributed by atoms with Gasteiger partial charge in [0.1, 0.15) is 12.2 Å². The second-order valence-electron chi connectivity index (χ2n) is 6.96. The Morgan fingerprint density at radius 3 is 2.28 bits per heavy atom. The Labute approximate surface area is 175 Å². The number of rotatable bonds is 5. The molecule has 5 rings (SSSR count).